The molecule has 1 rings (SSSR count). The van der Waals surface area contributed by atoms with Crippen LogP contribution in [0.2, 0.25) is 0 Å². The second kappa shape index (κ2) is 8.63. The standard InChI is InChI=1S/C5H5N.2BrH.Fe/c1-2-4-6-5-3-1;;;/h1-5H;2*1H;/q;;;+2/p-2. The summed E-state index contributed by atoms with van der Waals surface area (Å²) in [6.45, 7) is 0. The molecule has 0 spiro atoms. The van der Waals surface area contributed by atoms with E-state index >= 15 is 0 Å². The minimum absolute atomic E-state index is 0.875. The SMILES string of the molecule is [Br][Fe][Br].c1ccncc1. The normalized spacial score (nSPS) is 7.78. The Hall–Kier alpha value is 0.629. The van der Waals surface area contributed by atoms with Gasteiger partial charge >= 0.3 is 39.6 Å². The first-order valence-electron chi connectivity index (χ1n) is 2.12. The van der Waals surface area contributed by atoms with Gasteiger partial charge in [0.25, 0.3) is 0 Å². The molecule has 0 aliphatic carbocycles. The Labute approximate surface area is 74.8 Å². The summed E-state index contributed by atoms with van der Waals surface area (Å²) < 4.78 is 0. The Morgan fingerprint density at radius 1 is 1.00 bits per heavy atom. The van der Waals surface area contributed by atoms with Crippen molar-refractivity contribution in [3.05, 3.63) is 30.6 Å². The van der Waals surface area contributed by atoms with Gasteiger partial charge in [-0.3, -0.25) is 4.98 Å². The predicted octanol–water partition coefficient (Wildman–Crippen LogP) is 2.77. The number of rotatable bonds is 0. The van der Waals surface area contributed by atoms with E-state index < -0.39 is 0 Å². The summed E-state index contributed by atoms with van der Waals surface area (Å²) in [4.78, 5) is 3.78. The van der Waals surface area contributed by atoms with Gasteiger partial charge in [0.1, 0.15) is 0 Å². The molecule has 0 aliphatic rings. The summed E-state index contributed by atoms with van der Waals surface area (Å²) in [5, 5.41) is 0. The fourth-order valence-electron chi connectivity index (χ4n) is 0.313. The molecule has 0 N–H and O–H groups in total. The number of nitrogens with zero attached hydrogens (tertiary/aromatic N) is 1. The Kier molecular flexibility index (Phi) is 9.23. The average Bonchev–Trinajstić information content (AvgIpc) is 1.93. The van der Waals surface area contributed by atoms with Crippen molar-refractivity contribution in [2.24, 2.45) is 0 Å². The molecule has 0 saturated heterocycles. The van der Waals surface area contributed by atoms with E-state index in [1.165, 1.54) is 0 Å². The molecule has 0 unspecified atom stereocenters. The topological polar surface area (TPSA) is 12.9 Å². The van der Waals surface area contributed by atoms with Crippen molar-refractivity contribution < 1.29 is 11.3 Å². The van der Waals surface area contributed by atoms with Crippen molar-refractivity contribution in [1.82, 2.24) is 4.98 Å². The Morgan fingerprint density at radius 3 is 1.56 bits per heavy atom. The van der Waals surface area contributed by atoms with Crippen LogP contribution in [0.15, 0.2) is 30.6 Å². The van der Waals surface area contributed by atoms with Gasteiger partial charge in [0.2, 0.25) is 0 Å². The molecule has 1 aromatic heterocycles. The Bertz CT molecular complexity index is 97.8. The fraction of sp³-hybridized carbons (Fsp3) is 0. The van der Waals surface area contributed by atoms with Crippen molar-refractivity contribution >= 4 is 28.2 Å². The molecule has 0 atom stereocenters. The van der Waals surface area contributed by atoms with E-state index in [9.17, 15) is 0 Å². The van der Waals surface area contributed by atoms with Crippen LogP contribution in [0.3, 0.4) is 0 Å². The van der Waals surface area contributed by atoms with E-state index in [2.05, 4.69) is 33.2 Å². The minimum Gasteiger partial charge on any atom is -0.265 e. The largest absolute Gasteiger partial charge is 0.265 e. The quantitative estimate of drug-likeness (QED) is 0.671. The van der Waals surface area contributed by atoms with Gasteiger partial charge in [-0.1, -0.05) is 6.07 Å². The molecule has 1 aromatic rings. The van der Waals surface area contributed by atoms with Gasteiger partial charge in [-0.05, 0) is 12.1 Å². The van der Waals surface area contributed by atoms with E-state index in [1.54, 1.807) is 12.4 Å². The number of aromatic nitrogens is 1. The molecular formula is C5H5Br2FeN. The molecule has 4 heteroatoms. The first-order chi connectivity index (χ1) is 4.41. The van der Waals surface area contributed by atoms with Crippen LogP contribution in [-0.2, 0) is 11.3 Å². The second-order valence-electron chi connectivity index (χ2n) is 1.08. The van der Waals surface area contributed by atoms with Gasteiger partial charge in [-0.15, -0.1) is 0 Å². The van der Waals surface area contributed by atoms with Gasteiger partial charge in [0, 0.05) is 12.4 Å². The zero-order valence-corrected chi connectivity index (χ0v) is 8.72. The third kappa shape index (κ3) is 8.63. The maximum Gasteiger partial charge on any atom is 0.0267 e. The molecule has 0 fully saturated rings. The van der Waals surface area contributed by atoms with E-state index in [0.29, 0.717) is 0 Å². The summed E-state index contributed by atoms with van der Waals surface area (Å²) in [6.07, 6.45) is 3.50. The molecule has 0 aromatic carbocycles. The monoisotopic (exact) mass is 293 g/mol. The van der Waals surface area contributed by atoms with Gasteiger partial charge in [0.15, 0.2) is 0 Å². The predicted molar refractivity (Wildman–Crippen MR) is 42.1 cm³/mol. The van der Waals surface area contributed by atoms with Gasteiger partial charge in [-0.25, -0.2) is 0 Å². The molecule has 0 saturated carbocycles. The third-order valence-corrected chi connectivity index (χ3v) is 0.566. The molecule has 1 nitrogen and oxygen atoms in total. The molecule has 1 heterocycles. The van der Waals surface area contributed by atoms with Crippen LogP contribution in [0.1, 0.15) is 0 Å². The van der Waals surface area contributed by atoms with Crippen molar-refractivity contribution in [3.63, 3.8) is 0 Å². The third-order valence-electron chi connectivity index (χ3n) is 0.566. The van der Waals surface area contributed by atoms with Crippen LogP contribution in [0.25, 0.3) is 0 Å². The number of halogens is 2. The number of hydrogen-bond donors (Lipinski definition) is 0. The van der Waals surface area contributed by atoms with Crippen LogP contribution >= 0.6 is 28.2 Å². The van der Waals surface area contributed by atoms with Crippen LogP contribution in [0.5, 0.6) is 0 Å². The van der Waals surface area contributed by atoms with Crippen molar-refractivity contribution in [1.29, 1.82) is 0 Å². The van der Waals surface area contributed by atoms with E-state index in [1.807, 2.05) is 18.2 Å². The molecule has 0 aliphatic heterocycles. The first-order valence-corrected chi connectivity index (χ1v) is 7.58. The molecule has 0 bridgehead atoms. The van der Waals surface area contributed by atoms with Gasteiger partial charge < -0.3 is 0 Å². The zero-order chi connectivity index (χ0) is 6.95. The van der Waals surface area contributed by atoms with Crippen molar-refractivity contribution in [2.75, 3.05) is 0 Å². The smallest absolute Gasteiger partial charge is 0.0267 e. The van der Waals surface area contributed by atoms with E-state index in [0.717, 1.165) is 11.3 Å². The number of pyridine rings is 1. The minimum atomic E-state index is 0.875. The molecular weight excluding hydrogens is 290 g/mol. The summed E-state index contributed by atoms with van der Waals surface area (Å²) in [5.41, 5.74) is 0. The van der Waals surface area contributed by atoms with E-state index in [4.69, 9.17) is 0 Å². The summed E-state index contributed by atoms with van der Waals surface area (Å²) in [5.74, 6) is 0. The summed E-state index contributed by atoms with van der Waals surface area (Å²) >= 11 is 7.00. The first kappa shape index (κ1) is 9.63. The molecule has 0 radical (unpaired) electrons. The Balaban J connectivity index is 0.000000187. The van der Waals surface area contributed by atoms with Crippen molar-refractivity contribution in [2.45, 2.75) is 0 Å². The van der Waals surface area contributed by atoms with E-state index in [-0.39, 0.29) is 0 Å². The summed E-state index contributed by atoms with van der Waals surface area (Å²) in [6, 6.07) is 5.72. The zero-order valence-electron chi connectivity index (χ0n) is 4.44. The van der Waals surface area contributed by atoms with Crippen LogP contribution in [0.4, 0.5) is 0 Å². The fourth-order valence-corrected chi connectivity index (χ4v) is 0.313. The van der Waals surface area contributed by atoms with Crippen molar-refractivity contribution in [3.8, 4) is 0 Å². The van der Waals surface area contributed by atoms with Gasteiger partial charge in [-0.2, -0.15) is 0 Å². The van der Waals surface area contributed by atoms with Crippen LogP contribution in [-0.4, -0.2) is 4.98 Å². The average molecular weight is 295 g/mol. The second-order valence-corrected chi connectivity index (χ2v) is 6.65. The molecule has 52 valence electrons. The summed E-state index contributed by atoms with van der Waals surface area (Å²) in [7, 11) is 0. The maximum atomic E-state index is 3.78. The molecule has 9 heavy (non-hydrogen) atoms. The maximum absolute atomic E-state index is 3.78. The Morgan fingerprint density at radius 2 is 1.44 bits per heavy atom. The van der Waals surface area contributed by atoms with Crippen LogP contribution in [0, 0.1) is 0 Å². The van der Waals surface area contributed by atoms with Gasteiger partial charge in [0.05, 0.1) is 0 Å². The number of hydrogen-bond acceptors (Lipinski definition) is 1. The molecule has 0 amide bonds. The van der Waals surface area contributed by atoms with Crippen LogP contribution < -0.4 is 0 Å².